The lowest BCUT2D eigenvalue weighted by atomic mass is 10.2. The Hall–Kier alpha value is -2.31. The van der Waals surface area contributed by atoms with Gasteiger partial charge in [-0.3, -0.25) is 9.48 Å². The van der Waals surface area contributed by atoms with Gasteiger partial charge in [-0.2, -0.15) is 5.10 Å². The number of para-hydroxylation sites is 1. The molecule has 1 aromatic carbocycles. The second kappa shape index (κ2) is 8.38. The van der Waals surface area contributed by atoms with Crippen LogP contribution in [0.2, 0.25) is 5.02 Å². The number of benzene rings is 1. The second-order valence-electron chi connectivity index (χ2n) is 5.81. The minimum absolute atomic E-state index is 0.102. The minimum Gasteiger partial charge on any atom is -0.487 e. The lowest BCUT2D eigenvalue weighted by Crippen LogP contribution is -2.27. The van der Waals surface area contributed by atoms with E-state index in [2.05, 4.69) is 10.4 Å². The van der Waals surface area contributed by atoms with E-state index in [1.54, 1.807) is 12.3 Å². The van der Waals surface area contributed by atoms with Gasteiger partial charge >= 0.3 is 0 Å². The van der Waals surface area contributed by atoms with Crippen LogP contribution in [0, 0.1) is 0 Å². The standard InChI is InChI=1S/C19H20ClN3O2S/c1-3-23-16(8-9-21-23)13(2)22-19(24)18-10-14(12-26-18)11-25-17-7-5-4-6-15(17)20/h4-10,12-13H,3,11H2,1-2H3,(H,22,24). The fourth-order valence-corrected chi connectivity index (χ4v) is 3.60. The van der Waals surface area contributed by atoms with Crippen molar-refractivity contribution in [2.75, 3.05) is 0 Å². The van der Waals surface area contributed by atoms with E-state index in [1.807, 2.05) is 54.2 Å². The van der Waals surface area contributed by atoms with E-state index in [0.717, 1.165) is 17.8 Å². The number of amides is 1. The average Bonchev–Trinajstić information content (AvgIpc) is 3.30. The third kappa shape index (κ3) is 4.26. The molecule has 7 heteroatoms. The van der Waals surface area contributed by atoms with Gasteiger partial charge in [0.15, 0.2) is 0 Å². The molecule has 26 heavy (non-hydrogen) atoms. The number of aryl methyl sites for hydroxylation is 1. The van der Waals surface area contributed by atoms with Gasteiger partial charge in [-0.05, 0) is 43.5 Å². The van der Waals surface area contributed by atoms with Crippen LogP contribution in [0.15, 0.2) is 48.0 Å². The van der Waals surface area contributed by atoms with Gasteiger partial charge in [0, 0.05) is 18.3 Å². The van der Waals surface area contributed by atoms with E-state index in [1.165, 1.54) is 11.3 Å². The number of rotatable bonds is 7. The van der Waals surface area contributed by atoms with Crippen molar-refractivity contribution in [2.24, 2.45) is 0 Å². The number of carbonyl (C=O) groups is 1. The molecule has 3 rings (SSSR count). The number of nitrogens with one attached hydrogen (secondary N) is 1. The zero-order chi connectivity index (χ0) is 18.5. The normalized spacial score (nSPS) is 12.0. The number of halogens is 1. The molecule has 0 fully saturated rings. The summed E-state index contributed by atoms with van der Waals surface area (Å²) in [5.74, 6) is 0.531. The number of aromatic nitrogens is 2. The summed E-state index contributed by atoms with van der Waals surface area (Å²) in [6.07, 6.45) is 1.75. The molecule has 2 aromatic heterocycles. The maximum atomic E-state index is 12.5. The molecule has 0 aliphatic rings. The third-order valence-electron chi connectivity index (χ3n) is 3.95. The van der Waals surface area contributed by atoms with Crippen LogP contribution in [0.25, 0.3) is 0 Å². The number of ether oxygens (including phenoxy) is 1. The summed E-state index contributed by atoms with van der Waals surface area (Å²) in [6.45, 7) is 5.11. The summed E-state index contributed by atoms with van der Waals surface area (Å²) in [7, 11) is 0. The molecule has 0 spiro atoms. The van der Waals surface area contributed by atoms with Gasteiger partial charge in [-0.15, -0.1) is 11.3 Å². The van der Waals surface area contributed by atoms with E-state index in [4.69, 9.17) is 16.3 Å². The number of nitrogens with zero attached hydrogens (tertiary/aromatic N) is 2. The molecule has 0 bridgehead atoms. The molecule has 0 saturated carbocycles. The van der Waals surface area contributed by atoms with Crippen LogP contribution in [0.3, 0.4) is 0 Å². The van der Waals surface area contributed by atoms with Crippen LogP contribution < -0.4 is 10.1 Å². The Labute approximate surface area is 161 Å². The van der Waals surface area contributed by atoms with Crippen LogP contribution >= 0.6 is 22.9 Å². The predicted octanol–water partition coefficient (Wildman–Crippen LogP) is 4.69. The lowest BCUT2D eigenvalue weighted by Gasteiger charge is -2.14. The summed E-state index contributed by atoms with van der Waals surface area (Å²) >= 11 is 7.48. The molecule has 0 aliphatic heterocycles. The van der Waals surface area contributed by atoms with Gasteiger partial charge in [0.1, 0.15) is 12.4 Å². The molecule has 0 aliphatic carbocycles. The molecule has 0 radical (unpaired) electrons. The molecule has 1 N–H and O–H groups in total. The lowest BCUT2D eigenvalue weighted by molar-refractivity contribution is 0.0942. The van der Waals surface area contributed by atoms with Gasteiger partial charge in [-0.1, -0.05) is 23.7 Å². The SMILES string of the molecule is CCn1nccc1C(C)NC(=O)c1cc(COc2ccccc2Cl)cs1. The molecular weight excluding hydrogens is 370 g/mol. The number of carbonyl (C=O) groups excluding carboxylic acids is 1. The van der Waals surface area contributed by atoms with Crippen molar-refractivity contribution >= 4 is 28.8 Å². The Kier molecular flexibility index (Phi) is 5.96. The van der Waals surface area contributed by atoms with E-state index < -0.39 is 0 Å². The van der Waals surface area contributed by atoms with E-state index >= 15 is 0 Å². The van der Waals surface area contributed by atoms with Gasteiger partial charge in [-0.25, -0.2) is 0 Å². The van der Waals surface area contributed by atoms with Gasteiger partial charge in [0.25, 0.3) is 5.91 Å². The first kappa shape index (κ1) is 18.5. The van der Waals surface area contributed by atoms with E-state index in [-0.39, 0.29) is 11.9 Å². The van der Waals surface area contributed by atoms with E-state index in [0.29, 0.717) is 22.3 Å². The van der Waals surface area contributed by atoms with Crippen LogP contribution in [0.4, 0.5) is 0 Å². The van der Waals surface area contributed by atoms with Crippen LogP contribution in [0.5, 0.6) is 5.75 Å². The Bertz CT molecular complexity index is 890. The smallest absolute Gasteiger partial charge is 0.261 e. The van der Waals surface area contributed by atoms with Crippen molar-refractivity contribution < 1.29 is 9.53 Å². The second-order valence-corrected chi connectivity index (χ2v) is 7.12. The average molecular weight is 390 g/mol. The zero-order valence-electron chi connectivity index (χ0n) is 14.6. The molecule has 0 saturated heterocycles. The first-order chi connectivity index (χ1) is 12.6. The molecular formula is C19H20ClN3O2S. The number of hydrogen-bond donors (Lipinski definition) is 1. The quantitative estimate of drug-likeness (QED) is 0.637. The van der Waals surface area contributed by atoms with Crippen molar-refractivity contribution in [3.63, 3.8) is 0 Å². The van der Waals surface area contributed by atoms with Gasteiger partial charge in [0.2, 0.25) is 0 Å². The first-order valence-corrected chi connectivity index (χ1v) is 9.61. The van der Waals surface area contributed by atoms with Crippen molar-refractivity contribution in [1.29, 1.82) is 0 Å². The number of hydrogen-bond acceptors (Lipinski definition) is 4. The van der Waals surface area contributed by atoms with Crippen LogP contribution in [0.1, 0.15) is 40.8 Å². The van der Waals surface area contributed by atoms with Crippen LogP contribution in [-0.2, 0) is 13.2 Å². The Morgan fingerprint density at radius 1 is 1.38 bits per heavy atom. The topological polar surface area (TPSA) is 56.2 Å². The monoisotopic (exact) mass is 389 g/mol. The van der Waals surface area contributed by atoms with Crippen molar-refractivity contribution in [1.82, 2.24) is 15.1 Å². The fraction of sp³-hybridized carbons (Fsp3) is 0.263. The molecule has 1 unspecified atom stereocenters. The van der Waals surface area contributed by atoms with Crippen molar-refractivity contribution in [3.05, 3.63) is 69.1 Å². The third-order valence-corrected chi connectivity index (χ3v) is 5.24. The minimum atomic E-state index is -0.116. The van der Waals surface area contributed by atoms with Gasteiger partial charge in [0.05, 0.1) is 21.6 Å². The van der Waals surface area contributed by atoms with Gasteiger partial charge < -0.3 is 10.1 Å². The predicted molar refractivity (Wildman–Crippen MR) is 104 cm³/mol. The Morgan fingerprint density at radius 2 is 2.19 bits per heavy atom. The van der Waals surface area contributed by atoms with Crippen LogP contribution in [-0.4, -0.2) is 15.7 Å². The highest BCUT2D eigenvalue weighted by Crippen LogP contribution is 2.25. The maximum Gasteiger partial charge on any atom is 0.261 e. The fourth-order valence-electron chi connectivity index (χ4n) is 2.61. The highest BCUT2D eigenvalue weighted by atomic mass is 35.5. The molecule has 2 heterocycles. The Balaban J connectivity index is 1.60. The summed E-state index contributed by atoms with van der Waals surface area (Å²) in [5.41, 5.74) is 1.92. The summed E-state index contributed by atoms with van der Waals surface area (Å²) in [4.78, 5) is 13.1. The molecule has 1 atom stereocenters. The zero-order valence-corrected chi connectivity index (χ0v) is 16.2. The largest absolute Gasteiger partial charge is 0.487 e. The summed E-state index contributed by atoms with van der Waals surface area (Å²) in [6, 6.07) is 11.0. The first-order valence-electron chi connectivity index (χ1n) is 8.35. The van der Waals surface area contributed by atoms with E-state index in [9.17, 15) is 4.79 Å². The van der Waals surface area contributed by atoms with Crippen molar-refractivity contribution in [3.8, 4) is 5.75 Å². The van der Waals surface area contributed by atoms with Crippen molar-refractivity contribution in [2.45, 2.75) is 33.0 Å². The Morgan fingerprint density at radius 3 is 2.96 bits per heavy atom. The highest BCUT2D eigenvalue weighted by molar-refractivity contribution is 7.12. The molecule has 1 amide bonds. The number of thiophene rings is 1. The maximum absolute atomic E-state index is 12.5. The molecule has 3 aromatic rings. The highest BCUT2D eigenvalue weighted by Gasteiger charge is 2.16. The summed E-state index contributed by atoms with van der Waals surface area (Å²) < 4.78 is 7.59. The summed E-state index contributed by atoms with van der Waals surface area (Å²) in [5, 5.41) is 9.75. The molecule has 136 valence electrons. The molecule has 5 nitrogen and oxygen atoms in total.